The van der Waals surface area contributed by atoms with Crippen LogP contribution in [0.3, 0.4) is 0 Å². The van der Waals surface area contributed by atoms with Crippen LogP contribution in [0.5, 0.6) is 5.75 Å². The summed E-state index contributed by atoms with van der Waals surface area (Å²) in [6.07, 6.45) is 2.72. The summed E-state index contributed by atoms with van der Waals surface area (Å²) in [5.41, 5.74) is 0. The normalized spacial score (nSPS) is 16.8. The van der Waals surface area contributed by atoms with Gasteiger partial charge in [0.1, 0.15) is 6.33 Å². The molecule has 1 aliphatic rings. The Morgan fingerprint density at radius 2 is 1.95 bits per heavy atom. The molecule has 8 nitrogen and oxygen atoms in total. The first-order chi connectivity index (χ1) is 9.97. The number of piperazine rings is 1. The lowest BCUT2D eigenvalue weighted by atomic mass is 10.3. The van der Waals surface area contributed by atoms with Crippen LogP contribution < -0.4 is 15.0 Å². The molecule has 1 aromatic heterocycles. The van der Waals surface area contributed by atoms with Crippen LogP contribution in [0.1, 0.15) is 6.92 Å². The number of sulfonamides is 1. The summed E-state index contributed by atoms with van der Waals surface area (Å²) >= 11 is 0. The first-order valence-electron chi connectivity index (χ1n) is 6.80. The molecule has 21 heavy (non-hydrogen) atoms. The van der Waals surface area contributed by atoms with Gasteiger partial charge in [-0.05, 0) is 6.92 Å². The van der Waals surface area contributed by atoms with Gasteiger partial charge in [-0.25, -0.2) is 18.4 Å². The Bertz CT molecular complexity index is 585. The van der Waals surface area contributed by atoms with Crippen molar-refractivity contribution in [3.05, 3.63) is 6.33 Å². The van der Waals surface area contributed by atoms with Gasteiger partial charge in [0.05, 0.1) is 13.4 Å². The van der Waals surface area contributed by atoms with E-state index in [1.54, 1.807) is 7.11 Å². The average Bonchev–Trinajstić information content (AvgIpc) is 2.46. The zero-order valence-electron chi connectivity index (χ0n) is 12.5. The molecule has 0 unspecified atom stereocenters. The molecule has 2 heterocycles. The van der Waals surface area contributed by atoms with E-state index in [2.05, 4.69) is 15.3 Å². The van der Waals surface area contributed by atoms with E-state index in [0.29, 0.717) is 43.6 Å². The number of nitrogens with zero attached hydrogens (tertiary/aromatic N) is 4. The molecular weight excluding hydrogens is 294 g/mol. The van der Waals surface area contributed by atoms with Crippen molar-refractivity contribution in [2.75, 3.05) is 56.3 Å². The number of hydrogen-bond acceptors (Lipinski definition) is 7. The van der Waals surface area contributed by atoms with Crippen LogP contribution in [-0.2, 0) is 10.0 Å². The number of nitrogens with one attached hydrogen (secondary N) is 1. The van der Waals surface area contributed by atoms with Gasteiger partial charge in [0.2, 0.25) is 15.8 Å². The molecular formula is C12H21N5O3S. The Morgan fingerprint density at radius 1 is 1.29 bits per heavy atom. The Labute approximate surface area is 125 Å². The van der Waals surface area contributed by atoms with E-state index in [0.717, 1.165) is 6.54 Å². The summed E-state index contributed by atoms with van der Waals surface area (Å²) in [5, 5.41) is 3.13. The highest BCUT2D eigenvalue weighted by atomic mass is 32.2. The van der Waals surface area contributed by atoms with Crippen LogP contribution in [-0.4, -0.2) is 68.8 Å². The molecule has 118 valence electrons. The van der Waals surface area contributed by atoms with E-state index < -0.39 is 10.0 Å². The molecule has 1 N–H and O–H groups in total. The maximum absolute atomic E-state index is 11.5. The van der Waals surface area contributed by atoms with E-state index in [9.17, 15) is 8.42 Å². The lowest BCUT2D eigenvalue weighted by Crippen LogP contribution is -2.48. The average molecular weight is 315 g/mol. The van der Waals surface area contributed by atoms with E-state index in [1.165, 1.54) is 16.9 Å². The van der Waals surface area contributed by atoms with Gasteiger partial charge in [0.15, 0.2) is 11.6 Å². The molecule has 2 rings (SSSR count). The van der Waals surface area contributed by atoms with Gasteiger partial charge in [-0.1, -0.05) is 0 Å². The van der Waals surface area contributed by atoms with E-state index in [4.69, 9.17) is 4.74 Å². The monoisotopic (exact) mass is 315 g/mol. The molecule has 1 saturated heterocycles. The number of aromatic nitrogens is 2. The van der Waals surface area contributed by atoms with Crippen LogP contribution in [0.25, 0.3) is 0 Å². The number of ether oxygens (including phenoxy) is 1. The third kappa shape index (κ3) is 3.53. The molecule has 0 atom stereocenters. The predicted octanol–water partition coefficient (Wildman–Crippen LogP) is -0.00140. The molecule has 0 spiro atoms. The van der Waals surface area contributed by atoms with Gasteiger partial charge in [0.25, 0.3) is 0 Å². The zero-order valence-corrected chi connectivity index (χ0v) is 13.4. The fraction of sp³-hybridized carbons (Fsp3) is 0.667. The van der Waals surface area contributed by atoms with Crippen molar-refractivity contribution in [2.24, 2.45) is 0 Å². The molecule has 0 radical (unpaired) electrons. The van der Waals surface area contributed by atoms with Crippen molar-refractivity contribution in [2.45, 2.75) is 6.92 Å². The minimum Gasteiger partial charge on any atom is -0.490 e. The third-order valence-corrected chi connectivity index (χ3v) is 4.64. The maximum atomic E-state index is 11.5. The van der Waals surface area contributed by atoms with Crippen molar-refractivity contribution < 1.29 is 13.2 Å². The molecule has 1 aromatic rings. The lowest BCUT2D eigenvalue weighted by Gasteiger charge is -2.34. The van der Waals surface area contributed by atoms with E-state index >= 15 is 0 Å². The second kappa shape index (κ2) is 6.44. The molecule has 0 saturated carbocycles. The zero-order chi connectivity index (χ0) is 15.5. The lowest BCUT2D eigenvalue weighted by molar-refractivity contribution is 0.378. The Balaban J connectivity index is 2.18. The van der Waals surface area contributed by atoms with Crippen molar-refractivity contribution in [1.82, 2.24) is 14.3 Å². The van der Waals surface area contributed by atoms with Crippen molar-refractivity contribution in [1.29, 1.82) is 0 Å². The van der Waals surface area contributed by atoms with Gasteiger partial charge < -0.3 is 15.0 Å². The van der Waals surface area contributed by atoms with E-state index in [-0.39, 0.29) is 0 Å². The van der Waals surface area contributed by atoms with Crippen LogP contribution in [0.15, 0.2) is 6.33 Å². The summed E-state index contributed by atoms with van der Waals surface area (Å²) in [7, 11) is -1.55. The van der Waals surface area contributed by atoms with Crippen molar-refractivity contribution in [3.8, 4) is 5.75 Å². The second-order valence-corrected chi connectivity index (χ2v) is 6.74. The molecule has 9 heteroatoms. The first kappa shape index (κ1) is 15.8. The Morgan fingerprint density at radius 3 is 2.48 bits per heavy atom. The fourth-order valence-corrected chi connectivity index (χ4v) is 3.13. The van der Waals surface area contributed by atoms with Gasteiger partial charge in [-0.2, -0.15) is 4.31 Å². The van der Waals surface area contributed by atoms with Gasteiger partial charge in [-0.3, -0.25) is 0 Å². The molecule has 0 aromatic carbocycles. The highest BCUT2D eigenvalue weighted by Gasteiger charge is 2.26. The molecule has 1 aliphatic heterocycles. The highest BCUT2D eigenvalue weighted by molar-refractivity contribution is 7.88. The van der Waals surface area contributed by atoms with Crippen molar-refractivity contribution in [3.63, 3.8) is 0 Å². The fourth-order valence-electron chi connectivity index (χ4n) is 2.30. The number of methoxy groups -OCH3 is 1. The maximum Gasteiger partial charge on any atom is 0.211 e. The van der Waals surface area contributed by atoms with Crippen molar-refractivity contribution >= 4 is 21.7 Å². The topological polar surface area (TPSA) is 87.7 Å². The standard InChI is InChI=1S/C12H21N5O3S/c1-4-13-11-10(20-2)12(15-9-14-11)16-5-7-17(8-6-16)21(3,18)19/h9H,4-8H2,1-3H3,(H,13,14,15). The smallest absolute Gasteiger partial charge is 0.211 e. The Kier molecular flexibility index (Phi) is 4.84. The summed E-state index contributed by atoms with van der Waals surface area (Å²) in [6.45, 7) is 4.75. The van der Waals surface area contributed by atoms with E-state index in [1.807, 2.05) is 11.8 Å². The molecule has 0 amide bonds. The van der Waals surface area contributed by atoms with Crippen LogP contribution in [0.4, 0.5) is 11.6 Å². The second-order valence-electron chi connectivity index (χ2n) is 4.76. The quantitative estimate of drug-likeness (QED) is 0.818. The predicted molar refractivity (Wildman–Crippen MR) is 81.4 cm³/mol. The molecule has 0 bridgehead atoms. The van der Waals surface area contributed by atoms with Crippen LogP contribution in [0.2, 0.25) is 0 Å². The van der Waals surface area contributed by atoms with Crippen LogP contribution >= 0.6 is 0 Å². The summed E-state index contributed by atoms with van der Waals surface area (Å²) < 4.78 is 30.0. The minimum absolute atomic E-state index is 0.447. The summed E-state index contributed by atoms with van der Waals surface area (Å²) in [6, 6.07) is 0. The molecule has 0 aliphatic carbocycles. The Hall–Kier alpha value is -1.61. The number of rotatable bonds is 5. The first-order valence-corrected chi connectivity index (χ1v) is 8.65. The summed E-state index contributed by atoms with van der Waals surface area (Å²) in [4.78, 5) is 10.5. The molecule has 1 fully saturated rings. The minimum atomic E-state index is -3.13. The largest absolute Gasteiger partial charge is 0.490 e. The highest BCUT2D eigenvalue weighted by Crippen LogP contribution is 2.32. The third-order valence-electron chi connectivity index (χ3n) is 3.34. The number of anilines is 2. The van der Waals surface area contributed by atoms with Gasteiger partial charge in [0, 0.05) is 32.7 Å². The van der Waals surface area contributed by atoms with Gasteiger partial charge >= 0.3 is 0 Å². The van der Waals surface area contributed by atoms with Gasteiger partial charge in [-0.15, -0.1) is 0 Å². The summed E-state index contributed by atoms with van der Waals surface area (Å²) in [5.74, 6) is 1.93. The number of hydrogen-bond donors (Lipinski definition) is 1. The van der Waals surface area contributed by atoms with Crippen LogP contribution in [0, 0.1) is 0 Å². The SMILES string of the molecule is CCNc1ncnc(N2CCN(S(C)(=O)=O)CC2)c1OC.